The molecule has 0 amide bonds. The van der Waals surface area contributed by atoms with E-state index in [2.05, 4.69) is 230 Å². The number of furan rings is 2. The van der Waals surface area contributed by atoms with Crippen LogP contribution in [0.15, 0.2) is 227 Å². The van der Waals surface area contributed by atoms with Crippen LogP contribution in [0.5, 0.6) is 0 Å². The zero-order chi connectivity index (χ0) is 44.4. The van der Waals surface area contributed by atoms with Crippen LogP contribution in [0.25, 0.3) is 105 Å². The number of aromatic nitrogens is 1. The fourth-order valence-electron chi connectivity index (χ4n) is 11.5. The SMILES string of the molecule is CC1(C)c2ccccc2-c2cccc(N(c3ccc(-c4cccc5oc6ccccc6c45)cc3)c3ccc4c(oc5ccccc54)c3-c3cccc(-n4c5ccccc5c5ccccc54)c3)c21. The quantitative estimate of drug-likeness (QED) is 0.167. The van der Waals surface area contributed by atoms with Crippen LogP contribution in [-0.4, -0.2) is 4.57 Å². The summed E-state index contributed by atoms with van der Waals surface area (Å²) in [7, 11) is 0. The smallest absolute Gasteiger partial charge is 0.145 e. The molecule has 316 valence electrons. The van der Waals surface area contributed by atoms with Gasteiger partial charge in [-0.3, -0.25) is 0 Å². The minimum absolute atomic E-state index is 0.279. The molecule has 0 atom stereocenters. The van der Waals surface area contributed by atoms with Crippen molar-refractivity contribution in [1.29, 1.82) is 0 Å². The molecule has 0 bridgehead atoms. The zero-order valence-electron chi connectivity index (χ0n) is 37.0. The van der Waals surface area contributed by atoms with Gasteiger partial charge in [0.25, 0.3) is 0 Å². The number of rotatable bonds is 6. The fraction of sp³-hybridized carbons (Fsp3) is 0.0476. The molecule has 0 fully saturated rings. The predicted molar refractivity (Wildman–Crippen MR) is 278 cm³/mol. The third-order valence-electron chi connectivity index (χ3n) is 14.4. The van der Waals surface area contributed by atoms with E-state index in [0.29, 0.717) is 0 Å². The highest BCUT2D eigenvalue weighted by molar-refractivity contribution is 6.15. The van der Waals surface area contributed by atoms with Gasteiger partial charge in [0.15, 0.2) is 0 Å². The van der Waals surface area contributed by atoms with E-state index in [-0.39, 0.29) is 5.41 Å². The fourth-order valence-corrected chi connectivity index (χ4v) is 11.5. The molecule has 0 N–H and O–H groups in total. The van der Waals surface area contributed by atoms with Crippen molar-refractivity contribution in [1.82, 2.24) is 4.57 Å². The van der Waals surface area contributed by atoms with Gasteiger partial charge in [-0.15, -0.1) is 0 Å². The Morgan fingerprint density at radius 2 is 1.03 bits per heavy atom. The van der Waals surface area contributed by atoms with E-state index >= 15 is 0 Å². The van der Waals surface area contributed by atoms with Crippen molar-refractivity contribution < 1.29 is 8.83 Å². The maximum Gasteiger partial charge on any atom is 0.145 e. The molecule has 3 aromatic heterocycles. The summed E-state index contributed by atoms with van der Waals surface area (Å²) in [6.07, 6.45) is 0. The third-order valence-corrected chi connectivity index (χ3v) is 14.4. The average molecular weight is 859 g/mol. The Morgan fingerprint density at radius 3 is 1.82 bits per heavy atom. The molecule has 13 aromatic rings. The van der Waals surface area contributed by atoms with Gasteiger partial charge in [0, 0.05) is 54.7 Å². The topological polar surface area (TPSA) is 34.5 Å². The van der Waals surface area contributed by atoms with E-state index in [4.69, 9.17) is 8.83 Å². The lowest BCUT2D eigenvalue weighted by Gasteiger charge is -2.33. The Hall–Kier alpha value is -8.60. The first-order valence-corrected chi connectivity index (χ1v) is 23.1. The molecule has 3 heterocycles. The van der Waals surface area contributed by atoms with Gasteiger partial charge in [0.1, 0.15) is 22.3 Å². The van der Waals surface area contributed by atoms with E-state index in [9.17, 15) is 0 Å². The molecule has 0 saturated carbocycles. The summed E-state index contributed by atoms with van der Waals surface area (Å²) in [6, 6.07) is 78.9. The van der Waals surface area contributed by atoms with Crippen molar-refractivity contribution in [3.05, 3.63) is 230 Å². The van der Waals surface area contributed by atoms with Gasteiger partial charge < -0.3 is 18.3 Å². The molecule has 4 heteroatoms. The summed E-state index contributed by atoms with van der Waals surface area (Å²) in [5.41, 5.74) is 19.4. The number of para-hydroxylation sites is 4. The largest absolute Gasteiger partial charge is 0.456 e. The summed E-state index contributed by atoms with van der Waals surface area (Å²) >= 11 is 0. The maximum absolute atomic E-state index is 7.06. The molecular weight excluding hydrogens is 817 g/mol. The van der Waals surface area contributed by atoms with Crippen molar-refractivity contribution in [2.45, 2.75) is 19.3 Å². The van der Waals surface area contributed by atoms with Gasteiger partial charge >= 0.3 is 0 Å². The lowest BCUT2D eigenvalue weighted by Crippen LogP contribution is -2.21. The second-order valence-corrected chi connectivity index (χ2v) is 18.4. The zero-order valence-corrected chi connectivity index (χ0v) is 37.0. The molecule has 14 rings (SSSR count). The number of anilines is 3. The lowest BCUT2D eigenvalue weighted by atomic mass is 9.81. The molecule has 10 aromatic carbocycles. The molecule has 0 aliphatic heterocycles. The van der Waals surface area contributed by atoms with Crippen LogP contribution in [0.2, 0.25) is 0 Å². The Labute approximate surface area is 387 Å². The second kappa shape index (κ2) is 14.2. The summed E-state index contributed by atoms with van der Waals surface area (Å²) in [6.45, 7) is 4.74. The van der Waals surface area contributed by atoms with Crippen molar-refractivity contribution in [3.8, 4) is 39.1 Å². The van der Waals surface area contributed by atoms with E-state index in [0.717, 1.165) is 88.9 Å². The van der Waals surface area contributed by atoms with Crippen LogP contribution in [0.1, 0.15) is 25.0 Å². The van der Waals surface area contributed by atoms with Crippen molar-refractivity contribution in [3.63, 3.8) is 0 Å². The summed E-state index contributed by atoms with van der Waals surface area (Å²) in [5, 5.41) is 6.89. The van der Waals surface area contributed by atoms with Gasteiger partial charge in [-0.2, -0.15) is 0 Å². The normalized spacial score (nSPS) is 13.0. The highest BCUT2D eigenvalue weighted by Gasteiger charge is 2.39. The van der Waals surface area contributed by atoms with Crippen LogP contribution in [0, 0.1) is 0 Å². The summed E-state index contributed by atoms with van der Waals surface area (Å²) in [5.74, 6) is 0. The molecule has 4 nitrogen and oxygen atoms in total. The Bertz CT molecular complexity index is 4090. The Balaban J connectivity index is 1.04. The second-order valence-electron chi connectivity index (χ2n) is 18.4. The van der Waals surface area contributed by atoms with Crippen molar-refractivity contribution in [2.75, 3.05) is 4.90 Å². The third kappa shape index (κ3) is 5.47. The van der Waals surface area contributed by atoms with E-state index in [1.165, 1.54) is 44.1 Å². The highest BCUT2D eigenvalue weighted by atomic mass is 16.3. The lowest BCUT2D eigenvalue weighted by molar-refractivity contribution is 0.660. The van der Waals surface area contributed by atoms with Crippen molar-refractivity contribution >= 4 is 82.7 Å². The van der Waals surface area contributed by atoms with Crippen LogP contribution in [0.3, 0.4) is 0 Å². The summed E-state index contributed by atoms with van der Waals surface area (Å²) in [4.78, 5) is 2.49. The molecule has 1 aliphatic rings. The van der Waals surface area contributed by atoms with Gasteiger partial charge in [0.2, 0.25) is 0 Å². The van der Waals surface area contributed by atoms with Gasteiger partial charge in [-0.05, 0) is 112 Å². The standard InChI is InChI=1S/C63H42N2O2/c1-63(2)51-25-8-3-18-44(51)48-24-14-28-55(61(48)63)64(41-34-32-39(33-35-41)43-23-15-31-58-60(43)50-22-7-12-30-57(50)66-58)54-37-36-49-47-21-6-11-29-56(47)67-62(49)59(54)40-16-13-17-42(38-40)65-52-26-9-4-19-45(52)46-20-5-10-27-53(46)65/h3-38H,1-2H3. The minimum Gasteiger partial charge on any atom is -0.456 e. The number of fused-ring (bicyclic) bond motifs is 12. The molecule has 0 radical (unpaired) electrons. The van der Waals surface area contributed by atoms with Gasteiger partial charge in [-0.25, -0.2) is 0 Å². The van der Waals surface area contributed by atoms with E-state index in [1.807, 2.05) is 12.1 Å². The first-order chi connectivity index (χ1) is 33.0. The molecule has 0 saturated heterocycles. The minimum atomic E-state index is -0.279. The average Bonchev–Trinajstić information content (AvgIpc) is 4.11. The summed E-state index contributed by atoms with van der Waals surface area (Å²) < 4.78 is 15.8. The number of benzene rings is 10. The van der Waals surface area contributed by atoms with Crippen LogP contribution >= 0.6 is 0 Å². The van der Waals surface area contributed by atoms with E-state index < -0.39 is 0 Å². The molecule has 1 aliphatic carbocycles. The number of hydrogen-bond donors (Lipinski definition) is 0. The Kier molecular flexibility index (Phi) is 8.00. The van der Waals surface area contributed by atoms with Gasteiger partial charge in [0.05, 0.1) is 22.4 Å². The monoisotopic (exact) mass is 858 g/mol. The first kappa shape index (κ1) is 37.7. The van der Waals surface area contributed by atoms with Crippen LogP contribution in [-0.2, 0) is 5.41 Å². The highest BCUT2D eigenvalue weighted by Crippen LogP contribution is 2.56. The van der Waals surface area contributed by atoms with Gasteiger partial charge in [-0.1, -0.05) is 159 Å². The molecular formula is C63H42N2O2. The van der Waals surface area contributed by atoms with Crippen LogP contribution < -0.4 is 4.90 Å². The number of hydrogen-bond acceptors (Lipinski definition) is 3. The molecule has 0 spiro atoms. The molecule has 0 unspecified atom stereocenters. The number of nitrogens with zero attached hydrogens (tertiary/aromatic N) is 2. The Morgan fingerprint density at radius 1 is 0.418 bits per heavy atom. The van der Waals surface area contributed by atoms with E-state index in [1.54, 1.807) is 0 Å². The first-order valence-electron chi connectivity index (χ1n) is 23.1. The van der Waals surface area contributed by atoms with Crippen LogP contribution in [0.4, 0.5) is 17.1 Å². The molecule has 67 heavy (non-hydrogen) atoms. The maximum atomic E-state index is 7.06. The van der Waals surface area contributed by atoms with Crippen molar-refractivity contribution in [2.24, 2.45) is 0 Å². The predicted octanol–water partition coefficient (Wildman–Crippen LogP) is 17.7.